The summed E-state index contributed by atoms with van der Waals surface area (Å²) in [6.07, 6.45) is 1.93. The second-order valence-corrected chi connectivity index (χ2v) is 8.88. The van der Waals surface area contributed by atoms with Crippen LogP contribution in [0.5, 0.6) is 11.5 Å². The van der Waals surface area contributed by atoms with Gasteiger partial charge in [0.1, 0.15) is 17.1 Å². The van der Waals surface area contributed by atoms with Crippen LogP contribution in [0.3, 0.4) is 0 Å². The van der Waals surface area contributed by atoms with Gasteiger partial charge in [0.25, 0.3) is 0 Å². The minimum absolute atomic E-state index is 0.0314. The molecule has 2 aliphatic rings. The van der Waals surface area contributed by atoms with Crippen molar-refractivity contribution < 1.29 is 23.9 Å². The maximum atomic E-state index is 12.8. The number of likely N-dealkylation sites (tertiary alicyclic amines) is 1. The number of benzene rings is 2. The predicted molar refractivity (Wildman–Crippen MR) is 121 cm³/mol. The number of rotatable bonds is 5. The molecule has 6 nitrogen and oxygen atoms in total. The molecule has 4 rings (SSSR count). The fraction of sp³-hybridized carbons (Fsp3) is 0.423. The molecule has 0 aliphatic carbocycles. The summed E-state index contributed by atoms with van der Waals surface area (Å²) in [6, 6.07) is 10.8. The summed E-state index contributed by atoms with van der Waals surface area (Å²) in [5.41, 5.74) is 2.74. The van der Waals surface area contributed by atoms with E-state index in [-0.39, 0.29) is 30.3 Å². The Balaban J connectivity index is 1.33. The lowest BCUT2D eigenvalue weighted by Crippen LogP contribution is -2.52. The van der Waals surface area contributed by atoms with Gasteiger partial charge in [0, 0.05) is 44.3 Å². The zero-order valence-electron chi connectivity index (χ0n) is 18.9. The Morgan fingerprint density at radius 1 is 1.06 bits per heavy atom. The fourth-order valence-corrected chi connectivity index (χ4v) is 4.68. The molecule has 0 N–H and O–H groups in total. The summed E-state index contributed by atoms with van der Waals surface area (Å²) in [6.45, 7) is 5.01. The zero-order valence-corrected chi connectivity index (χ0v) is 18.9. The Morgan fingerprint density at radius 3 is 2.41 bits per heavy atom. The molecule has 0 bridgehead atoms. The van der Waals surface area contributed by atoms with Gasteiger partial charge in [-0.3, -0.25) is 14.4 Å². The van der Waals surface area contributed by atoms with Crippen molar-refractivity contribution in [1.82, 2.24) is 4.90 Å². The monoisotopic (exact) mass is 435 g/mol. The molecule has 0 aromatic heterocycles. The average Bonchev–Trinajstić information content (AvgIpc) is 2.79. The van der Waals surface area contributed by atoms with Crippen molar-refractivity contribution in [2.45, 2.75) is 51.6 Å². The standard InChI is InChI=1S/C26H29NO5/c1-17-14-18(2)25-21(15-17)23(29)16-26(32-25)10-12-27(13-11-26)24(30)9-8-22(28)19-4-6-20(31-3)7-5-19/h4-7,14-15H,8-13,16H2,1-3H3. The van der Waals surface area contributed by atoms with Crippen molar-refractivity contribution in [1.29, 1.82) is 0 Å². The maximum absolute atomic E-state index is 12.8. The number of fused-ring (bicyclic) bond motifs is 1. The van der Waals surface area contributed by atoms with Gasteiger partial charge in [-0.1, -0.05) is 6.07 Å². The molecule has 2 heterocycles. The Labute approximate surface area is 188 Å². The summed E-state index contributed by atoms with van der Waals surface area (Å²) in [7, 11) is 1.58. The van der Waals surface area contributed by atoms with Crippen LogP contribution in [0.4, 0.5) is 0 Å². The minimum Gasteiger partial charge on any atom is -0.497 e. The number of carbonyl (C=O) groups excluding carboxylic acids is 3. The van der Waals surface area contributed by atoms with Crippen LogP contribution in [0.2, 0.25) is 0 Å². The van der Waals surface area contributed by atoms with E-state index in [1.807, 2.05) is 26.0 Å². The van der Waals surface area contributed by atoms with E-state index in [0.717, 1.165) is 11.1 Å². The van der Waals surface area contributed by atoms with E-state index in [9.17, 15) is 14.4 Å². The molecule has 2 aromatic rings. The normalized spacial score (nSPS) is 17.0. The summed E-state index contributed by atoms with van der Waals surface area (Å²) < 4.78 is 11.5. The second kappa shape index (κ2) is 8.77. The van der Waals surface area contributed by atoms with Gasteiger partial charge in [-0.2, -0.15) is 0 Å². The van der Waals surface area contributed by atoms with E-state index in [1.165, 1.54) is 0 Å². The van der Waals surface area contributed by atoms with Crippen molar-refractivity contribution in [3.63, 3.8) is 0 Å². The molecule has 0 atom stereocenters. The van der Waals surface area contributed by atoms with Crippen molar-refractivity contribution in [3.05, 3.63) is 58.7 Å². The molecule has 1 saturated heterocycles. The van der Waals surface area contributed by atoms with Crippen LogP contribution in [-0.4, -0.2) is 48.2 Å². The van der Waals surface area contributed by atoms with Gasteiger partial charge < -0.3 is 14.4 Å². The number of amides is 1. The lowest BCUT2D eigenvalue weighted by molar-refractivity contribution is -0.134. The lowest BCUT2D eigenvalue weighted by Gasteiger charge is -2.44. The largest absolute Gasteiger partial charge is 0.497 e. The van der Waals surface area contributed by atoms with Crippen molar-refractivity contribution in [2.75, 3.05) is 20.2 Å². The van der Waals surface area contributed by atoms with E-state index in [2.05, 4.69) is 0 Å². The molecule has 6 heteroatoms. The average molecular weight is 436 g/mol. The molecule has 0 radical (unpaired) electrons. The first-order valence-electron chi connectivity index (χ1n) is 11.1. The van der Waals surface area contributed by atoms with Gasteiger partial charge in [-0.05, 0) is 55.3 Å². The third kappa shape index (κ3) is 4.40. The van der Waals surface area contributed by atoms with Gasteiger partial charge >= 0.3 is 0 Å². The Morgan fingerprint density at radius 2 is 1.75 bits per heavy atom. The molecular weight excluding hydrogens is 406 g/mol. The number of piperidine rings is 1. The van der Waals surface area contributed by atoms with Crippen LogP contribution >= 0.6 is 0 Å². The second-order valence-electron chi connectivity index (χ2n) is 8.88. The zero-order chi connectivity index (χ0) is 22.9. The number of ketones is 2. The lowest BCUT2D eigenvalue weighted by atomic mass is 9.81. The number of ether oxygens (including phenoxy) is 2. The van der Waals surface area contributed by atoms with Crippen LogP contribution < -0.4 is 9.47 Å². The topological polar surface area (TPSA) is 72.9 Å². The minimum atomic E-state index is -0.542. The van der Waals surface area contributed by atoms with E-state index in [0.29, 0.717) is 55.0 Å². The number of carbonyl (C=O) groups is 3. The molecule has 2 aromatic carbocycles. The quantitative estimate of drug-likeness (QED) is 0.655. The fourth-order valence-electron chi connectivity index (χ4n) is 4.68. The summed E-state index contributed by atoms with van der Waals surface area (Å²) in [5, 5.41) is 0. The SMILES string of the molecule is COc1ccc(C(=O)CCC(=O)N2CCC3(CC2)CC(=O)c2cc(C)cc(C)c2O3)cc1. The predicted octanol–water partition coefficient (Wildman–Crippen LogP) is 4.30. The number of methoxy groups -OCH3 is 1. The van der Waals surface area contributed by atoms with Crippen molar-refractivity contribution >= 4 is 17.5 Å². The number of hydrogen-bond donors (Lipinski definition) is 0. The van der Waals surface area contributed by atoms with Gasteiger partial charge in [0.05, 0.1) is 19.1 Å². The Bertz CT molecular complexity index is 1050. The van der Waals surface area contributed by atoms with Crippen LogP contribution in [0.1, 0.15) is 63.9 Å². The van der Waals surface area contributed by atoms with Gasteiger partial charge in [-0.25, -0.2) is 0 Å². The molecule has 1 spiro atoms. The third-order valence-corrected chi connectivity index (χ3v) is 6.53. The Hall–Kier alpha value is -3.15. The maximum Gasteiger partial charge on any atom is 0.223 e. The van der Waals surface area contributed by atoms with E-state index in [1.54, 1.807) is 36.3 Å². The van der Waals surface area contributed by atoms with E-state index in [4.69, 9.17) is 9.47 Å². The van der Waals surface area contributed by atoms with Crippen molar-refractivity contribution in [3.8, 4) is 11.5 Å². The number of nitrogens with zero attached hydrogens (tertiary/aromatic N) is 1. The number of aryl methyl sites for hydroxylation is 2. The molecule has 1 amide bonds. The van der Waals surface area contributed by atoms with Gasteiger partial charge in [-0.15, -0.1) is 0 Å². The molecule has 32 heavy (non-hydrogen) atoms. The number of Topliss-reactive ketones (excluding diaryl/α,β-unsaturated/α-hetero) is 2. The Kier molecular flexibility index (Phi) is 6.04. The molecule has 2 aliphatic heterocycles. The first-order valence-corrected chi connectivity index (χ1v) is 11.1. The molecule has 0 saturated carbocycles. The van der Waals surface area contributed by atoms with Gasteiger partial charge in [0.15, 0.2) is 11.6 Å². The highest BCUT2D eigenvalue weighted by molar-refractivity contribution is 6.01. The van der Waals surface area contributed by atoms with Crippen LogP contribution in [0.25, 0.3) is 0 Å². The first-order chi connectivity index (χ1) is 15.3. The molecule has 168 valence electrons. The molecule has 1 fully saturated rings. The first kappa shape index (κ1) is 22.1. The summed E-state index contributed by atoms with van der Waals surface area (Å²) in [5.74, 6) is 1.41. The number of hydrogen-bond acceptors (Lipinski definition) is 5. The molecular formula is C26H29NO5. The molecule has 0 unspecified atom stereocenters. The smallest absolute Gasteiger partial charge is 0.223 e. The highest BCUT2D eigenvalue weighted by atomic mass is 16.5. The highest BCUT2D eigenvalue weighted by Crippen LogP contribution is 2.41. The third-order valence-electron chi connectivity index (χ3n) is 6.53. The van der Waals surface area contributed by atoms with Gasteiger partial charge in [0.2, 0.25) is 5.91 Å². The van der Waals surface area contributed by atoms with Crippen LogP contribution in [-0.2, 0) is 4.79 Å². The van der Waals surface area contributed by atoms with E-state index < -0.39 is 5.60 Å². The summed E-state index contributed by atoms with van der Waals surface area (Å²) in [4.78, 5) is 39.7. The van der Waals surface area contributed by atoms with Crippen LogP contribution in [0.15, 0.2) is 36.4 Å². The van der Waals surface area contributed by atoms with Crippen LogP contribution in [0, 0.1) is 13.8 Å². The van der Waals surface area contributed by atoms with E-state index >= 15 is 0 Å². The highest BCUT2D eigenvalue weighted by Gasteiger charge is 2.44. The summed E-state index contributed by atoms with van der Waals surface area (Å²) >= 11 is 0. The van der Waals surface area contributed by atoms with Crippen molar-refractivity contribution in [2.24, 2.45) is 0 Å².